The van der Waals surface area contributed by atoms with Gasteiger partial charge < -0.3 is 15.7 Å². The van der Waals surface area contributed by atoms with Crippen LogP contribution < -0.4 is 10.6 Å². The molecule has 3 rings (SSSR count). The maximum atomic E-state index is 12.2. The fourth-order valence-corrected chi connectivity index (χ4v) is 3.82. The first-order chi connectivity index (χ1) is 10.5. The average molecular weight is 337 g/mol. The molecule has 0 spiro atoms. The molecule has 3 unspecified atom stereocenters. The fourth-order valence-electron chi connectivity index (χ4n) is 2.76. The molecule has 1 aromatic carbocycles. The summed E-state index contributed by atoms with van der Waals surface area (Å²) in [4.78, 5) is 13.2. The first-order valence-corrected chi connectivity index (χ1v) is 8.32. The molecule has 0 saturated heterocycles. The van der Waals surface area contributed by atoms with Gasteiger partial charge in [0.25, 0.3) is 0 Å². The van der Waals surface area contributed by atoms with Crippen molar-refractivity contribution in [2.75, 3.05) is 0 Å². The van der Waals surface area contributed by atoms with Gasteiger partial charge >= 0.3 is 6.03 Å². The summed E-state index contributed by atoms with van der Waals surface area (Å²) in [5, 5.41) is 15.9. The number of urea groups is 1. The van der Waals surface area contributed by atoms with E-state index in [0.29, 0.717) is 10.8 Å². The van der Waals surface area contributed by atoms with E-state index < -0.39 is 6.10 Å². The molecule has 1 aromatic heterocycles. The molecule has 3 N–H and O–H groups in total. The van der Waals surface area contributed by atoms with Gasteiger partial charge in [-0.15, -0.1) is 11.3 Å². The van der Waals surface area contributed by atoms with Gasteiger partial charge in [0.15, 0.2) is 0 Å². The van der Waals surface area contributed by atoms with Crippen molar-refractivity contribution in [3.8, 4) is 0 Å². The number of carbonyl (C=O) groups excluding carboxylic acids is 1. The highest BCUT2D eigenvalue weighted by Gasteiger charge is 2.32. The molecule has 0 saturated carbocycles. The summed E-state index contributed by atoms with van der Waals surface area (Å²) in [5.41, 5.74) is 2.07. The quantitative estimate of drug-likeness (QED) is 0.804. The normalized spacial score (nSPS) is 21.2. The van der Waals surface area contributed by atoms with Crippen molar-refractivity contribution < 1.29 is 9.90 Å². The first kappa shape index (κ1) is 15.3. The Hall–Kier alpha value is -1.56. The molecule has 6 heteroatoms. The summed E-state index contributed by atoms with van der Waals surface area (Å²) in [7, 11) is 0. The summed E-state index contributed by atoms with van der Waals surface area (Å²) in [5.74, 6) is 0. The van der Waals surface area contributed by atoms with E-state index in [1.54, 1.807) is 0 Å². The molecule has 0 bridgehead atoms. The zero-order chi connectivity index (χ0) is 15.7. The number of hydrogen-bond acceptors (Lipinski definition) is 3. The van der Waals surface area contributed by atoms with Gasteiger partial charge in [-0.2, -0.15) is 0 Å². The minimum atomic E-state index is -0.588. The van der Waals surface area contributed by atoms with Crippen molar-refractivity contribution in [2.45, 2.75) is 31.5 Å². The van der Waals surface area contributed by atoms with Gasteiger partial charge in [-0.25, -0.2) is 4.79 Å². The Morgan fingerprint density at radius 3 is 2.86 bits per heavy atom. The highest BCUT2D eigenvalue weighted by Crippen LogP contribution is 2.31. The molecule has 0 aliphatic heterocycles. The molecule has 3 atom stereocenters. The number of aliphatic hydroxyl groups excluding tert-OH is 1. The van der Waals surface area contributed by atoms with Crippen LogP contribution in [-0.4, -0.2) is 17.2 Å². The Labute approximate surface area is 138 Å². The molecule has 1 aliphatic rings. The van der Waals surface area contributed by atoms with Gasteiger partial charge in [-0.1, -0.05) is 35.9 Å². The number of fused-ring (bicyclic) bond motifs is 1. The van der Waals surface area contributed by atoms with Crippen LogP contribution in [-0.2, 0) is 6.42 Å². The van der Waals surface area contributed by atoms with Gasteiger partial charge in [-0.05, 0) is 30.2 Å². The van der Waals surface area contributed by atoms with E-state index in [4.69, 9.17) is 11.6 Å². The number of amides is 2. The Kier molecular flexibility index (Phi) is 4.38. The number of rotatable bonds is 3. The summed E-state index contributed by atoms with van der Waals surface area (Å²) in [6.07, 6.45) is -0.0216. The molecular formula is C16H17ClN2O2S. The van der Waals surface area contributed by atoms with Crippen molar-refractivity contribution in [3.05, 3.63) is 56.7 Å². The Morgan fingerprint density at radius 2 is 2.14 bits per heavy atom. The van der Waals surface area contributed by atoms with Gasteiger partial charge in [0.2, 0.25) is 0 Å². The van der Waals surface area contributed by atoms with Gasteiger partial charge in [0.05, 0.1) is 22.5 Å². The summed E-state index contributed by atoms with van der Waals surface area (Å²) in [6.45, 7) is 1.90. The maximum absolute atomic E-state index is 12.2. The lowest BCUT2D eigenvalue weighted by atomic mass is 10.1. The predicted molar refractivity (Wildman–Crippen MR) is 88.3 cm³/mol. The second-order valence-electron chi connectivity index (χ2n) is 5.43. The van der Waals surface area contributed by atoms with Crippen molar-refractivity contribution in [1.29, 1.82) is 0 Å². The fraction of sp³-hybridized carbons (Fsp3) is 0.312. The monoisotopic (exact) mass is 336 g/mol. The minimum Gasteiger partial charge on any atom is -0.390 e. The molecule has 2 amide bonds. The second-order valence-corrected chi connectivity index (χ2v) is 7.18. The van der Waals surface area contributed by atoms with Crippen molar-refractivity contribution in [3.63, 3.8) is 0 Å². The zero-order valence-corrected chi connectivity index (χ0v) is 13.6. The van der Waals surface area contributed by atoms with Gasteiger partial charge in [-0.3, -0.25) is 0 Å². The van der Waals surface area contributed by atoms with Crippen molar-refractivity contribution >= 4 is 29.0 Å². The van der Waals surface area contributed by atoms with Crippen LogP contribution in [0.1, 0.15) is 35.0 Å². The van der Waals surface area contributed by atoms with E-state index in [0.717, 1.165) is 16.0 Å². The van der Waals surface area contributed by atoms with Crippen LogP contribution in [0.2, 0.25) is 4.34 Å². The lowest BCUT2D eigenvalue weighted by Crippen LogP contribution is -2.41. The van der Waals surface area contributed by atoms with Crippen LogP contribution in [0.3, 0.4) is 0 Å². The smallest absolute Gasteiger partial charge is 0.315 e. The number of nitrogens with one attached hydrogen (secondary N) is 2. The second kappa shape index (κ2) is 6.28. The Bertz CT molecular complexity index is 688. The summed E-state index contributed by atoms with van der Waals surface area (Å²) in [6, 6.07) is 10.7. The Balaban J connectivity index is 1.65. The van der Waals surface area contributed by atoms with Crippen LogP contribution >= 0.6 is 22.9 Å². The molecular weight excluding hydrogens is 320 g/mol. The van der Waals surface area contributed by atoms with Crippen LogP contribution in [0.25, 0.3) is 0 Å². The van der Waals surface area contributed by atoms with Gasteiger partial charge in [0.1, 0.15) is 0 Å². The van der Waals surface area contributed by atoms with E-state index in [9.17, 15) is 9.90 Å². The molecule has 22 heavy (non-hydrogen) atoms. The number of thiophene rings is 1. The van der Waals surface area contributed by atoms with Crippen LogP contribution in [0.4, 0.5) is 4.79 Å². The maximum Gasteiger partial charge on any atom is 0.315 e. The third kappa shape index (κ3) is 3.11. The van der Waals surface area contributed by atoms with Crippen LogP contribution in [0.15, 0.2) is 36.4 Å². The minimum absolute atomic E-state index is 0.133. The summed E-state index contributed by atoms with van der Waals surface area (Å²) >= 11 is 7.35. The number of hydrogen-bond donors (Lipinski definition) is 3. The van der Waals surface area contributed by atoms with E-state index in [1.807, 2.05) is 43.3 Å². The van der Waals surface area contributed by atoms with Crippen molar-refractivity contribution in [1.82, 2.24) is 10.6 Å². The average Bonchev–Trinajstić information content (AvgIpc) is 3.04. The molecule has 2 aromatic rings. The predicted octanol–water partition coefficient (Wildman–Crippen LogP) is 3.42. The summed E-state index contributed by atoms with van der Waals surface area (Å²) < 4.78 is 0.698. The molecule has 1 heterocycles. The number of benzene rings is 1. The molecule has 116 valence electrons. The van der Waals surface area contributed by atoms with E-state index in [-0.39, 0.29) is 18.1 Å². The lowest BCUT2D eigenvalue weighted by Gasteiger charge is -2.20. The van der Waals surface area contributed by atoms with Crippen LogP contribution in [0.5, 0.6) is 0 Å². The largest absolute Gasteiger partial charge is 0.390 e. The van der Waals surface area contributed by atoms with E-state index in [1.165, 1.54) is 11.3 Å². The first-order valence-electron chi connectivity index (χ1n) is 7.12. The molecule has 0 fully saturated rings. The van der Waals surface area contributed by atoms with E-state index >= 15 is 0 Å². The van der Waals surface area contributed by atoms with E-state index in [2.05, 4.69) is 10.6 Å². The topological polar surface area (TPSA) is 61.4 Å². The number of carbonyl (C=O) groups is 1. The third-order valence-corrected chi connectivity index (χ3v) is 5.27. The zero-order valence-electron chi connectivity index (χ0n) is 12.0. The number of halogens is 1. The van der Waals surface area contributed by atoms with Gasteiger partial charge in [0, 0.05) is 11.3 Å². The standard InChI is InChI=1S/C16H17ClN2O2S/c1-9(13-6-7-14(17)22-13)18-16(21)19-15-11-5-3-2-4-10(11)8-12(15)20/h2-7,9,12,15,20H,8H2,1H3,(H2,18,19,21). The molecule has 4 nitrogen and oxygen atoms in total. The van der Waals surface area contributed by atoms with Crippen molar-refractivity contribution in [2.24, 2.45) is 0 Å². The highest BCUT2D eigenvalue weighted by molar-refractivity contribution is 7.16. The molecule has 1 aliphatic carbocycles. The lowest BCUT2D eigenvalue weighted by molar-refractivity contribution is 0.142. The number of aliphatic hydroxyl groups is 1. The molecule has 0 radical (unpaired) electrons. The Morgan fingerprint density at radius 1 is 1.36 bits per heavy atom. The SMILES string of the molecule is CC(NC(=O)NC1c2ccccc2CC1O)c1ccc(Cl)s1. The van der Waals surface area contributed by atoms with Crippen LogP contribution in [0, 0.1) is 0 Å². The third-order valence-electron chi connectivity index (χ3n) is 3.86. The highest BCUT2D eigenvalue weighted by atomic mass is 35.5.